The normalized spacial score (nSPS) is 16.1. The summed E-state index contributed by atoms with van der Waals surface area (Å²) in [6, 6.07) is 25.7. The van der Waals surface area contributed by atoms with Gasteiger partial charge in [0.2, 0.25) is 0 Å². The van der Waals surface area contributed by atoms with Crippen LogP contribution in [-0.2, 0) is 4.79 Å². The minimum Gasteiger partial charge on any atom is -0.313 e. The van der Waals surface area contributed by atoms with Gasteiger partial charge in [-0.05, 0) is 59.3 Å². The zero-order valence-electron chi connectivity index (χ0n) is 21.3. The van der Waals surface area contributed by atoms with E-state index in [1.165, 1.54) is 28.1 Å². The van der Waals surface area contributed by atoms with Gasteiger partial charge < -0.3 is 5.32 Å². The van der Waals surface area contributed by atoms with Crippen molar-refractivity contribution in [2.45, 2.75) is 12.3 Å². The third kappa shape index (κ3) is 6.20. The average Bonchev–Trinajstić information content (AvgIpc) is 3.48. The predicted molar refractivity (Wildman–Crippen MR) is 164 cm³/mol. The van der Waals surface area contributed by atoms with E-state index in [2.05, 4.69) is 10.7 Å². The highest BCUT2D eigenvalue weighted by atomic mass is 35.5. The molecule has 40 heavy (non-hydrogen) atoms. The smallest absolute Gasteiger partial charge is 0.280 e. The summed E-state index contributed by atoms with van der Waals surface area (Å²) in [7, 11) is 0. The van der Waals surface area contributed by atoms with Gasteiger partial charge in [0.1, 0.15) is 10.4 Å². The van der Waals surface area contributed by atoms with E-state index in [1.807, 2.05) is 66.7 Å². The Hall–Kier alpha value is -4.11. The highest BCUT2D eigenvalue weighted by molar-refractivity contribution is 8.05. The summed E-state index contributed by atoms with van der Waals surface area (Å²) < 4.78 is 0. The van der Waals surface area contributed by atoms with Gasteiger partial charge in [-0.1, -0.05) is 96.2 Å². The summed E-state index contributed by atoms with van der Waals surface area (Å²) in [5, 5.41) is 6.38. The van der Waals surface area contributed by atoms with Crippen molar-refractivity contribution < 1.29 is 14.4 Å². The molecule has 1 fully saturated rings. The number of thioether (sulfide) groups is 1. The Morgan fingerprint density at radius 2 is 1.60 bits per heavy atom. The first kappa shape index (κ1) is 27.5. The first-order valence-electron chi connectivity index (χ1n) is 12.4. The summed E-state index contributed by atoms with van der Waals surface area (Å²) in [5.41, 5.74) is 5.94. The first-order valence-corrected chi connectivity index (χ1v) is 14.5. The minimum atomic E-state index is -0.508. The lowest BCUT2D eigenvalue weighted by Gasteiger charge is -2.22. The summed E-state index contributed by atoms with van der Waals surface area (Å²) in [6.45, 7) is 1.79. The fraction of sp³-hybridized carbons (Fsp3) is 0.0645. The maximum Gasteiger partial charge on any atom is 0.280 e. The van der Waals surface area contributed by atoms with Crippen LogP contribution in [0.1, 0.15) is 37.4 Å². The summed E-state index contributed by atoms with van der Waals surface area (Å²) in [5.74, 6) is -1.17. The molecule has 5 rings (SSSR count). The maximum absolute atomic E-state index is 13.6. The first-order chi connectivity index (χ1) is 19.4. The second-order valence-corrected chi connectivity index (χ2v) is 11.3. The van der Waals surface area contributed by atoms with Crippen molar-refractivity contribution in [1.29, 1.82) is 0 Å². The molecule has 4 aromatic rings. The van der Waals surface area contributed by atoms with Gasteiger partial charge in [-0.25, -0.2) is 5.01 Å². The molecule has 1 atom stereocenters. The number of anilines is 1. The minimum absolute atomic E-state index is 0.307. The average molecular weight is 586 g/mol. The molecule has 1 aliphatic heterocycles. The molecule has 9 heteroatoms. The molecule has 1 aromatic heterocycles. The molecule has 0 spiro atoms. The van der Waals surface area contributed by atoms with Gasteiger partial charge in [-0.2, -0.15) is 0 Å². The second-order valence-electron chi connectivity index (χ2n) is 8.87. The lowest BCUT2D eigenvalue weighted by atomic mass is 10.2. The number of carbonyl (C=O) groups is 3. The van der Waals surface area contributed by atoms with Crippen molar-refractivity contribution in [2.24, 2.45) is 0 Å². The van der Waals surface area contributed by atoms with Gasteiger partial charge in [-0.15, -0.1) is 11.3 Å². The Kier molecular flexibility index (Phi) is 8.50. The van der Waals surface area contributed by atoms with Crippen molar-refractivity contribution in [3.05, 3.63) is 134 Å². The summed E-state index contributed by atoms with van der Waals surface area (Å²) in [4.78, 5) is 40.4. The molecule has 1 aliphatic rings. The monoisotopic (exact) mass is 585 g/mol. The molecular formula is C31H24ClN3O3S2. The Morgan fingerprint density at radius 3 is 2.33 bits per heavy atom. The van der Waals surface area contributed by atoms with Gasteiger partial charge >= 0.3 is 0 Å². The quantitative estimate of drug-likeness (QED) is 0.224. The van der Waals surface area contributed by atoms with E-state index in [0.29, 0.717) is 37.2 Å². The van der Waals surface area contributed by atoms with Crippen LogP contribution < -0.4 is 10.7 Å². The van der Waals surface area contributed by atoms with Crippen LogP contribution in [0.15, 0.2) is 101 Å². The third-order valence-electron chi connectivity index (χ3n) is 6.06. The van der Waals surface area contributed by atoms with Crippen LogP contribution in [0, 0.1) is 6.92 Å². The number of hydrogen-bond acceptors (Lipinski definition) is 5. The van der Waals surface area contributed by atoms with E-state index in [-0.39, 0.29) is 11.8 Å². The summed E-state index contributed by atoms with van der Waals surface area (Å²) in [6.07, 6.45) is 5.50. The number of benzene rings is 3. The van der Waals surface area contributed by atoms with Gasteiger partial charge in [0.05, 0.1) is 10.5 Å². The summed E-state index contributed by atoms with van der Waals surface area (Å²) >= 11 is 8.91. The largest absolute Gasteiger partial charge is 0.313 e. The van der Waals surface area contributed by atoms with E-state index in [0.717, 1.165) is 5.56 Å². The molecule has 0 saturated carbocycles. The van der Waals surface area contributed by atoms with Gasteiger partial charge in [-0.3, -0.25) is 19.8 Å². The second kappa shape index (κ2) is 12.4. The zero-order valence-corrected chi connectivity index (χ0v) is 23.7. The third-order valence-corrected chi connectivity index (χ3v) is 8.58. The number of amides is 3. The fourth-order valence-corrected chi connectivity index (χ4v) is 6.23. The number of rotatable bonds is 7. The molecule has 0 radical (unpaired) electrons. The van der Waals surface area contributed by atoms with Crippen LogP contribution in [0.4, 0.5) is 5.00 Å². The van der Waals surface area contributed by atoms with Crippen LogP contribution in [0.5, 0.6) is 0 Å². The Bertz CT molecular complexity index is 1620. The standard InChI is InChI=1S/C31H24ClN3O3S2/c1-20-19-39-30(33-28(36)22-12-6-3-7-13-22)27(20)29(37)34-35-26(17-16-21-10-4-2-5-11-21)40-25(31(35)38)18-23-14-8-9-15-24(23)32/h2-19,26H,1H3,(H,33,36)(H,34,37)/b17-16+,25-18+. The number of nitrogens with zero attached hydrogens (tertiary/aromatic N) is 1. The molecule has 1 unspecified atom stereocenters. The van der Waals surface area contributed by atoms with E-state index < -0.39 is 11.3 Å². The number of thiophene rings is 1. The number of carbonyl (C=O) groups excluding carboxylic acids is 3. The molecule has 3 amide bonds. The van der Waals surface area contributed by atoms with Crippen molar-refractivity contribution in [1.82, 2.24) is 10.4 Å². The van der Waals surface area contributed by atoms with E-state index >= 15 is 0 Å². The topological polar surface area (TPSA) is 78.5 Å². The molecule has 3 aromatic carbocycles. The van der Waals surface area contributed by atoms with Crippen molar-refractivity contribution in [3.8, 4) is 0 Å². The van der Waals surface area contributed by atoms with Gasteiger partial charge in [0, 0.05) is 10.6 Å². The number of nitrogens with one attached hydrogen (secondary N) is 2. The van der Waals surface area contributed by atoms with Crippen LogP contribution in [-0.4, -0.2) is 28.1 Å². The molecule has 0 aliphatic carbocycles. The molecule has 1 saturated heterocycles. The molecule has 2 N–H and O–H groups in total. The molecule has 0 bridgehead atoms. The van der Waals surface area contributed by atoms with Crippen molar-refractivity contribution in [3.63, 3.8) is 0 Å². The fourth-order valence-electron chi connectivity index (χ4n) is 4.04. The molecular weight excluding hydrogens is 562 g/mol. The SMILES string of the molecule is Cc1csc(NC(=O)c2ccccc2)c1C(=O)NN1C(=O)/C(=C\c2ccccc2Cl)SC1/C=C/c1ccccc1. The van der Waals surface area contributed by atoms with Crippen LogP contribution in [0.3, 0.4) is 0 Å². The van der Waals surface area contributed by atoms with E-state index in [4.69, 9.17) is 11.6 Å². The van der Waals surface area contributed by atoms with Crippen LogP contribution in [0.25, 0.3) is 12.2 Å². The zero-order chi connectivity index (χ0) is 28.1. The number of aryl methyl sites for hydroxylation is 1. The molecule has 2 heterocycles. The number of hydrazine groups is 1. The lowest BCUT2D eigenvalue weighted by molar-refractivity contribution is -0.127. The maximum atomic E-state index is 13.6. The lowest BCUT2D eigenvalue weighted by Crippen LogP contribution is -2.47. The van der Waals surface area contributed by atoms with E-state index in [9.17, 15) is 14.4 Å². The van der Waals surface area contributed by atoms with Crippen molar-refractivity contribution >= 4 is 69.6 Å². The Labute approximate surface area is 245 Å². The van der Waals surface area contributed by atoms with Crippen LogP contribution in [0.2, 0.25) is 5.02 Å². The molecule has 200 valence electrons. The highest BCUT2D eigenvalue weighted by Crippen LogP contribution is 2.37. The Morgan fingerprint density at radius 1 is 0.925 bits per heavy atom. The number of halogens is 1. The van der Waals surface area contributed by atoms with E-state index in [1.54, 1.807) is 48.7 Å². The van der Waals surface area contributed by atoms with Crippen LogP contribution >= 0.6 is 34.7 Å². The molecule has 6 nitrogen and oxygen atoms in total. The van der Waals surface area contributed by atoms with Gasteiger partial charge in [0.15, 0.2) is 0 Å². The predicted octanol–water partition coefficient (Wildman–Crippen LogP) is 7.26. The highest BCUT2D eigenvalue weighted by Gasteiger charge is 2.37. The Balaban J connectivity index is 1.42. The van der Waals surface area contributed by atoms with Gasteiger partial charge in [0.25, 0.3) is 17.7 Å². The van der Waals surface area contributed by atoms with Crippen molar-refractivity contribution in [2.75, 3.05) is 5.32 Å². The number of hydrogen-bond donors (Lipinski definition) is 2.